The molecule has 1 rings (SSSR count). The van der Waals surface area contributed by atoms with Gasteiger partial charge in [0, 0.05) is 11.1 Å². The van der Waals surface area contributed by atoms with Gasteiger partial charge < -0.3 is 4.55 Å². The largest absolute Gasteiger partial charge is 1.00 e. The Labute approximate surface area is 109 Å². The van der Waals surface area contributed by atoms with Crippen LogP contribution >= 0.6 is 0 Å². The zero-order valence-electron chi connectivity index (χ0n) is 7.84. The zero-order chi connectivity index (χ0) is 10.8. The summed E-state index contributed by atoms with van der Waals surface area (Å²) >= 11 is 0. The first-order valence-electron chi connectivity index (χ1n) is 3.50. The van der Waals surface area contributed by atoms with Crippen molar-refractivity contribution in [1.29, 1.82) is 0 Å². The normalized spacial score (nSPS) is 10.2. The van der Waals surface area contributed by atoms with Crippen molar-refractivity contribution in [2.24, 2.45) is 0 Å². The van der Waals surface area contributed by atoms with Crippen LogP contribution < -0.4 is 29.6 Å². The fourth-order valence-corrected chi connectivity index (χ4v) is 1.30. The molecule has 0 aliphatic rings. The first kappa shape index (κ1) is 14.5. The van der Waals surface area contributed by atoms with E-state index in [0.717, 1.165) is 12.1 Å². The summed E-state index contributed by atoms with van der Waals surface area (Å²) in [4.78, 5) is 21.2. The summed E-state index contributed by atoms with van der Waals surface area (Å²) in [6.45, 7) is 0. The summed E-state index contributed by atoms with van der Waals surface area (Å²) in [5.74, 6) is 0. The van der Waals surface area contributed by atoms with Gasteiger partial charge in [0.1, 0.15) is 6.29 Å². The van der Waals surface area contributed by atoms with E-state index in [1.807, 2.05) is 0 Å². The van der Waals surface area contributed by atoms with E-state index in [2.05, 4.69) is 0 Å². The van der Waals surface area contributed by atoms with E-state index in [0.29, 0.717) is 6.29 Å². The van der Waals surface area contributed by atoms with Gasteiger partial charge in [-0.2, -0.15) is 0 Å². The fourth-order valence-electron chi connectivity index (χ4n) is 0.883. The van der Waals surface area contributed by atoms with Crippen molar-refractivity contribution in [2.45, 2.75) is 0 Å². The zero-order valence-corrected chi connectivity index (χ0v) is 10.7. The molecule has 5 nitrogen and oxygen atoms in total. The second-order valence-corrected chi connectivity index (χ2v) is 3.76. The molecule has 0 aliphatic carbocycles. The Kier molecular flexibility index (Phi) is 5.33. The van der Waals surface area contributed by atoms with Crippen LogP contribution in [0.4, 0.5) is 0 Å². The first-order chi connectivity index (χ1) is 6.45. The monoisotopic (exact) mass is 236 g/mol. The van der Waals surface area contributed by atoms with Crippen molar-refractivity contribution in [2.75, 3.05) is 0 Å². The van der Waals surface area contributed by atoms with Gasteiger partial charge >= 0.3 is 29.6 Å². The Balaban J connectivity index is 0.00000196. The minimum atomic E-state index is -4.99. The first-order valence-corrected chi connectivity index (χ1v) is 4.91. The molecular formula is C8H5NaO5S. The molecule has 0 bridgehead atoms. The third-order valence-electron chi connectivity index (χ3n) is 1.49. The number of carbonyl (C=O) groups is 2. The molecule has 1 aromatic rings. The molecule has 0 radical (unpaired) electrons. The predicted molar refractivity (Wildman–Crippen MR) is 45.9 cm³/mol. The van der Waals surface area contributed by atoms with Gasteiger partial charge in [0.15, 0.2) is 10.1 Å². The van der Waals surface area contributed by atoms with Crippen molar-refractivity contribution in [3.63, 3.8) is 0 Å². The molecule has 0 amide bonds. The molecule has 0 atom stereocenters. The fraction of sp³-hybridized carbons (Fsp3) is 0. The molecule has 0 unspecified atom stereocenters. The second-order valence-electron chi connectivity index (χ2n) is 2.48. The van der Waals surface area contributed by atoms with Gasteiger partial charge in [-0.05, 0) is 6.07 Å². The van der Waals surface area contributed by atoms with Crippen LogP contribution in [-0.2, 0) is 10.1 Å². The quantitative estimate of drug-likeness (QED) is 0.314. The maximum atomic E-state index is 10.9. The predicted octanol–water partition coefficient (Wildman–Crippen LogP) is -2.81. The van der Waals surface area contributed by atoms with Crippen LogP contribution in [0.15, 0.2) is 24.3 Å². The van der Waals surface area contributed by atoms with Crippen molar-refractivity contribution < 1.29 is 52.1 Å². The van der Waals surface area contributed by atoms with Crippen molar-refractivity contribution in [1.82, 2.24) is 0 Å². The number of benzene rings is 1. The van der Waals surface area contributed by atoms with Crippen LogP contribution in [0.5, 0.6) is 0 Å². The maximum Gasteiger partial charge on any atom is 1.00 e. The number of carbonyl (C=O) groups excluding carboxylic acids is 2. The summed E-state index contributed by atoms with van der Waals surface area (Å²) in [6, 6.07) is 4.92. The Morgan fingerprint density at radius 2 is 1.93 bits per heavy atom. The second kappa shape index (κ2) is 5.53. The molecule has 0 heterocycles. The Hall–Kier alpha value is -0.530. The SMILES string of the molecule is O=Cc1cccc(C(=O)S(=O)(=O)[O-])c1.[Na+]. The van der Waals surface area contributed by atoms with Gasteiger partial charge in [-0.1, -0.05) is 18.2 Å². The van der Waals surface area contributed by atoms with Crippen molar-refractivity contribution >= 4 is 21.5 Å². The molecule has 0 spiro atoms. The molecule has 0 aromatic heterocycles. The molecule has 0 saturated heterocycles. The molecule has 15 heavy (non-hydrogen) atoms. The average molecular weight is 236 g/mol. The van der Waals surface area contributed by atoms with Crippen LogP contribution in [0.1, 0.15) is 20.7 Å². The van der Waals surface area contributed by atoms with Gasteiger partial charge in [0.2, 0.25) is 0 Å². The van der Waals surface area contributed by atoms with Crippen LogP contribution in [0.2, 0.25) is 0 Å². The van der Waals surface area contributed by atoms with Gasteiger partial charge in [0.25, 0.3) is 5.12 Å². The van der Waals surface area contributed by atoms with Crippen molar-refractivity contribution in [3.05, 3.63) is 35.4 Å². The van der Waals surface area contributed by atoms with Crippen LogP contribution in [-0.4, -0.2) is 24.4 Å². The minimum Gasteiger partial charge on any atom is -0.742 e. The van der Waals surface area contributed by atoms with E-state index < -0.39 is 15.2 Å². The van der Waals surface area contributed by atoms with Crippen molar-refractivity contribution in [3.8, 4) is 0 Å². The molecular weight excluding hydrogens is 231 g/mol. The van der Waals surface area contributed by atoms with Gasteiger partial charge in [-0.15, -0.1) is 0 Å². The van der Waals surface area contributed by atoms with Crippen LogP contribution in [0.25, 0.3) is 0 Å². The van der Waals surface area contributed by atoms with E-state index in [-0.39, 0.29) is 40.7 Å². The Morgan fingerprint density at radius 3 is 2.40 bits per heavy atom. The van der Waals surface area contributed by atoms with E-state index in [9.17, 15) is 22.6 Å². The molecule has 0 saturated carbocycles. The molecule has 0 fully saturated rings. The number of hydrogen-bond acceptors (Lipinski definition) is 5. The summed E-state index contributed by atoms with van der Waals surface area (Å²) in [7, 11) is -4.99. The van der Waals surface area contributed by atoms with E-state index >= 15 is 0 Å². The van der Waals surface area contributed by atoms with E-state index in [1.165, 1.54) is 12.1 Å². The number of hydrogen-bond donors (Lipinski definition) is 0. The third-order valence-corrected chi connectivity index (χ3v) is 2.18. The summed E-state index contributed by atoms with van der Waals surface area (Å²) in [5.41, 5.74) is -0.163. The van der Waals surface area contributed by atoms with Crippen LogP contribution in [0, 0.1) is 0 Å². The average Bonchev–Trinajstić information content (AvgIpc) is 2.15. The van der Waals surface area contributed by atoms with Gasteiger partial charge in [-0.3, -0.25) is 9.59 Å². The Bertz CT molecular complexity index is 480. The standard InChI is InChI=1S/C8H6O5S.Na/c9-5-6-2-1-3-7(4-6)8(10)14(11,12)13;/h1-5H,(H,11,12,13);/q;+1/p-1. The number of rotatable bonds is 2. The molecule has 74 valence electrons. The van der Waals surface area contributed by atoms with Gasteiger partial charge in [-0.25, -0.2) is 8.42 Å². The maximum absolute atomic E-state index is 10.9. The smallest absolute Gasteiger partial charge is 0.742 e. The van der Waals surface area contributed by atoms with Gasteiger partial charge in [0.05, 0.1) is 0 Å². The third kappa shape index (κ3) is 3.84. The molecule has 1 aromatic carbocycles. The summed E-state index contributed by atoms with van der Waals surface area (Å²) in [6.07, 6.45) is 0.453. The topological polar surface area (TPSA) is 91.3 Å². The molecule has 0 N–H and O–H groups in total. The van der Waals surface area contributed by atoms with Crippen LogP contribution in [0.3, 0.4) is 0 Å². The summed E-state index contributed by atoms with van der Waals surface area (Å²) < 4.78 is 31.0. The van der Waals surface area contributed by atoms with E-state index in [4.69, 9.17) is 0 Å². The summed E-state index contributed by atoms with van der Waals surface area (Å²) in [5, 5.41) is -1.53. The minimum absolute atomic E-state index is 0. The Morgan fingerprint density at radius 1 is 1.33 bits per heavy atom. The molecule has 7 heteroatoms. The van der Waals surface area contributed by atoms with E-state index in [1.54, 1.807) is 0 Å². The number of aldehydes is 1. The molecule has 0 aliphatic heterocycles.